The highest BCUT2D eigenvalue weighted by Gasteiger charge is 2.27. The third kappa shape index (κ3) is 12.7. The Kier molecular flexibility index (Phi) is 12.9. The first-order valence-electron chi connectivity index (χ1n) is 11.4. The van der Waals surface area contributed by atoms with Crippen molar-refractivity contribution >= 4 is 35.6 Å². The van der Waals surface area contributed by atoms with Crippen molar-refractivity contribution in [2.24, 2.45) is 27.9 Å². The number of aliphatic carboxylic acids is 1. The zero-order valence-corrected chi connectivity index (χ0v) is 20.2. The van der Waals surface area contributed by atoms with Crippen LogP contribution >= 0.6 is 0 Å². The first-order chi connectivity index (χ1) is 17.4. The molecule has 0 aliphatic rings. The maximum Gasteiger partial charge on any atom is 0.326 e. The predicted molar refractivity (Wildman–Crippen MR) is 133 cm³/mol. The lowest BCUT2D eigenvalue weighted by Gasteiger charge is -2.22. The molecule has 37 heavy (non-hydrogen) atoms. The van der Waals surface area contributed by atoms with Gasteiger partial charge in [-0.05, 0) is 37.0 Å². The van der Waals surface area contributed by atoms with Crippen molar-refractivity contribution in [2.75, 3.05) is 13.1 Å². The summed E-state index contributed by atoms with van der Waals surface area (Å²) >= 11 is 0. The van der Waals surface area contributed by atoms with Gasteiger partial charge in [0, 0.05) is 19.4 Å². The second-order valence-electron chi connectivity index (χ2n) is 8.17. The summed E-state index contributed by atoms with van der Waals surface area (Å²) in [6.07, 6.45) is 0.147. The van der Waals surface area contributed by atoms with Gasteiger partial charge in [0.15, 0.2) is 5.96 Å². The fraction of sp³-hybridized carbons (Fsp3) is 0.455. The van der Waals surface area contributed by atoms with Crippen molar-refractivity contribution in [1.82, 2.24) is 16.0 Å². The molecule has 0 radical (unpaired) electrons. The maximum absolute atomic E-state index is 12.9. The number of primary amides is 1. The lowest BCUT2D eigenvalue weighted by Crippen LogP contribution is -2.54. The van der Waals surface area contributed by atoms with E-state index in [1.165, 1.54) is 24.3 Å². The molecule has 13 N–H and O–H groups in total. The van der Waals surface area contributed by atoms with E-state index in [4.69, 9.17) is 22.9 Å². The fourth-order valence-electron chi connectivity index (χ4n) is 3.08. The normalized spacial score (nSPS) is 12.9. The number of hydrogen-bond acceptors (Lipinski definition) is 8. The molecule has 204 valence electrons. The number of nitrogens with one attached hydrogen (secondary N) is 3. The Labute approximate surface area is 213 Å². The fourth-order valence-corrected chi connectivity index (χ4v) is 3.08. The van der Waals surface area contributed by atoms with Gasteiger partial charge in [0.05, 0.1) is 12.6 Å². The highest BCUT2D eigenvalue weighted by Crippen LogP contribution is 2.12. The van der Waals surface area contributed by atoms with Crippen LogP contribution in [0.3, 0.4) is 0 Å². The molecule has 1 aromatic carbocycles. The van der Waals surface area contributed by atoms with E-state index in [0.717, 1.165) is 0 Å². The minimum Gasteiger partial charge on any atom is -0.508 e. The van der Waals surface area contributed by atoms with E-state index in [-0.39, 0.29) is 50.4 Å². The van der Waals surface area contributed by atoms with Gasteiger partial charge in [-0.3, -0.25) is 24.2 Å². The number of carbonyl (C=O) groups excluding carboxylic acids is 4. The summed E-state index contributed by atoms with van der Waals surface area (Å²) in [6, 6.07) is 2.30. The Hall–Kier alpha value is -4.40. The topological polar surface area (TPSA) is 278 Å². The number of hydrogen-bond donors (Lipinski definition) is 9. The Bertz CT molecular complexity index is 980. The van der Waals surface area contributed by atoms with Gasteiger partial charge in [-0.25, -0.2) is 4.79 Å². The first-order valence-corrected chi connectivity index (χ1v) is 11.4. The number of carboxylic acid groups (broad SMARTS) is 1. The second-order valence-corrected chi connectivity index (χ2v) is 8.17. The Morgan fingerprint density at radius 3 is 2.14 bits per heavy atom. The molecule has 0 saturated heterocycles. The van der Waals surface area contributed by atoms with Crippen molar-refractivity contribution in [3.05, 3.63) is 29.8 Å². The van der Waals surface area contributed by atoms with E-state index in [1.54, 1.807) is 0 Å². The van der Waals surface area contributed by atoms with Crippen LogP contribution in [0.1, 0.15) is 31.2 Å². The highest BCUT2D eigenvalue weighted by molar-refractivity contribution is 5.92. The van der Waals surface area contributed by atoms with Crippen LogP contribution in [0.4, 0.5) is 0 Å². The van der Waals surface area contributed by atoms with E-state index < -0.39 is 54.3 Å². The van der Waals surface area contributed by atoms with Crippen LogP contribution in [0.5, 0.6) is 5.75 Å². The van der Waals surface area contributed by atoms with Gasteiger partial charge in [-0.1, -0.05) is 12.1 Å². The molecular weight excluding hydrogens is 488 g/mol. The average molecular weight is 523 g/mol. The third-order valence-electron chi connectivity index (χ3n) is 5.05. The number of aliphatic imine (C=N–C) groups is 1. The quantitative estimate of drug-likeness (QED) is 0.0593. The number of amides is 4. The number of carboxylic acids is 1. The van der Waals surface area contributed by atoms with E-state index in [2.05, 4.69) is 20.9 Å². The molecule has 1 rings (SSSR count). The molecule has 0 heterocycles. The number of nitrogens with two attached hydrogens (primary N) is 4. The van der Waals surface area contributed by atoms with E-state index in [1.807, 2.05) is 0 Å². The average Bonchev–Trinajstić information content (AvgIpc) is 2.83. The zero-order valence-electron chi connectivity index (χ0n) is 20.2. The van der Waals surface area contributed by atoms with Gasteiger partial charge in [0.2, 0.25) is 23.6 Å². The van der Waals surface area contributed by atoms with Crippen molar-refractivity contribution in [3.8, 4) is 5.75 Å². The molecule has 3 unspecified atom stereocenters. The Balaban J connectivity index is 2.85. The van der Waals surface area contributed by atoms with Crippen LogP contribution in [0.2, 0.25) is 0 Å². The zero-order chi connectivity index (χ0) is 28.0. The Morgan fingerprint density at radius 2 is 1.57 bits per heavy atom. The van der Waals surface area contributed by atoms with Crippen LogP contribution in [0.15, 0.2) is 29.3 Å². The molecule has 15 nitrogen and oxygen atoms in total. The summed E-state index contributed by atoms with van der Waals surface area (Å²) in [5.74, 6) is -4.27. The monoisotopic (exact) mass is 522 g/mol. The summed E-state index contributed by atoms with van der Waals surface area (Å²) in [6.45, 7) is -0.361. The Morgan fingerprint density at radius 1 is 0.919 bits per heavy atom. The minimum absolute atomic E-state index is 0.00381. The lowest BCUT2D eigenvalue weighted by molar-refractivity contribution is -0.142. The number of rotatable bonds is 16. The number of benzene rings is 1. The molecule has 0 spiro atoms. The van der Waals surface area contributed by atoms with Gasteiger partial charge < -0.3 is 49.1 Å². The van der Waals surface area contributed by atoms with Crippen molar-refractivity contribution in [2.45, 2.75) is 50.2 Å². The number of nitrogens with zero attached hydrogens (tertiary/aromatic N) is 1. The van der Waals surface area contributed by atoms with Crippen LogP contribution < -0.4 is 38.9 Å². The molecule has 3 atom stereocenters. The van der Waals surface area contributed by atoms with Gasteiger partial charge in [0.25, 0.3) is 0 Å². The smallest absolute Gasteiger partial charge is 0.326 e. The first kappa shape index (κ1) is 30.6. The van der Waals surface area contributed by atoms with Gasteiger partial charge in [-0.2, -0.15) is 0 Å². The van der Waals surface area contributed by atoms with E-state index >= 15 is 0 Å². The van der Waals surface area contributed by atoms with Crippen molar-refractivity contribution in [1.29, 1.82) is 0 Å². The lowest BCUT2D eigenvalue weighted by atomic mass is 10.0. The van der Waals surface area contributed by atoms with Crippen LogP contribution in [0, 0.1) is 0 Å². The molecule has 15 heteroatoms. The SMILES string of the molecule is NC(=O)CCC(N)C(=O)NCC(=O)NC(Cc1ccc(O)cc1)C(=O)NC(CCCN=C(N)N)C(=O)O. The van der Waals surface area contributed by atoms with Crippen LogP contribution in [-0.2, 0) is 30.4 Å². The third-order valence-corrected chi connectivity index (χ3v) is 5.05. The highest BCUT2D eigenvalue weighted by atomic mass is 16.4. The number of phenolic OH excluding ortho intramolecular Hbond substituents is 1. The molecule has 0 bridgehead atoms. The van der Waals surface area contributed by atoms with E-state index in [9.17, 15) is 34.2 Å². The van der Waals surface area contributed by atoms with Gasteiger partial charge in [0.1, 0.15) is 17.8 Å². The van der Waals surface area contributed by atoms with E-state index in [0.29, 0.717) is 5.56 Å². The summed E-state index contributed by atoms with van der Waals surface area (Å²) in [4.78, 5) is 63.7. The van der Waals surface area contributed by atoms with Gasteiger partial charge in [-0.15, -0.1) is 0 Å². The molecule has 0 aromatic heterocycles. The largest absolute Gasteiger partial charge is 0.508 e. The van der Waals surface area contributed by atoms with Crippen LogP contribution in [-0.4, -0.2) is 77.0 Å². The molecule has 0 aliphatic heterocycles. The minimum atomic E-state index is -1.29. The summed E-state index contributed by atoms with van der Waals surface area (Å²) < 4.78 is 0. The summed E-state index contributed by atoms with van der Waals surface area (Å²) in [5, 5.41) is 26.1. The summed E-state index contributed by atoms with van der Waals surface area (Å²) in [5.41, 5.74) is 21.7. The van der Waals surface area contributed by atoms with Crippen molar-refractivity contribution in [3.63, 3.8) is 0 Å². The second kappa shape index (κ2) is 15.6. The van der Waals surface area contributed by atoms with Gasteiger partial charge >= 0.3 is 5.97 Å². The predicted octanol–water partition coefficient (Wildman–Crippen LogP) is -3.25. The number of phenols is 1. The maximum atomic E-state index is 12.9. The molecular formula is C22H34N8O7. The molecule has 0 saturated carbocycles. The standard InChI is InChI=1S/C22H34N8O7/c23-14(7-8-17(24)32)19(34)28-11-18(33)29-16(10-12-3-5-13(31)6-4-12)20(35)30-15(21(36)37)2-1-9-27-22(25)26/h3-6,14-16,31H,1-2,7-11,23H2,(H2,24,32)(H,28,34)(H,29,33)(H,30,35)(H,36,37)(H4,25,26,27). The molecule has 4 amide bonds. The summed E-state index contributed by atoms with van der Waals surface area (Å²) in [7, 11) is 0. The molecule has 1 aromatic rings. The van der Waals surface area contributed by atoms with Crippen LogP contribution in [0.25, 0.3) is 0 Å². The molecule has 0 aliphatic carbocycles. The number of guanidine groups is 1. The van der Waals surface area contributed by atoms with Crippen molar-refractivity contribution < 1.29 is 34.2 Å². The number of aromatic hydroxyl groups is 1. The number of carbonyl (C=O) groups is 5. The molecule has 0 fully saturated rings.